The molecule has 2 aliphatic rings. The molecule has 0 radical (unpaired) electrons. The van der Waals surface area contributed by atoms with E-state index in [9.17, 15) is 19.5 Å². The molecule has 30 heavy (non-hydrogen) atoms. The number of nitrogens with zero attached hydrogens (tertiary/aromatic N) is 5. The van der Waals surface area contributed by atoms with Gasteiger partial charge >= 0.3 is 5.97 Å². The minimum atomic E-state index is -1.15. The molecular weight excluding hydrogens is 448 g/mol. The van der Waals surface area contributed by atoms with Gasteiger partial charge in [0.2, 0.25) is 0 Å². The van der Waals surface area contributed by atoms with E-state index < -0.39 is 29.2 Å². The Morgan fingerprint density at radius 3 is 2.87 bits per heavy atom. The van der Waals surface area contributed by atoms with Crippen LogP contribution in [0.2, 0.25) is 0 Å². The maximum absolute atomic E-state index is 12.7. The number of carboxylic acids is 1. The third kappa shape index (κ3) is 3.72. The number of fused-ring (bicyclic) bond motifs is 1. The van der Waals surface area contributed by atoms with Crippen molar-refractivity contribution in [3.63, 3.8) is 0 Å². The van der Waals surface area contributed by atoms with Crippen molar-refractivity contribution in [3.8, 4) is 0 Å². The monoisotopic (exact) mass is 466 g/mol. The first-order valence-corrected chi connectivity index (χ1v) is 11.9. The van der Waals surface area contributed by atoms with Crippen molar-refractivity contribution in [2.45, 2.75) is 36.1 Å². The third-order valence-electron chi connectivity index (χ3n) is 4.66. The zero-order valence-electron chi connectivity index (χ0n) is 16.1. The van der Waals surface area contributed by atoms with Gasteiger partial charge in [0.05, 0.1) is 0 Å². The second-order valence-corrected chi connectivity index (χ2v) is 10.0. The van der Waals surface area contributed by atoms with Crippen molar-refractivity contribution in [1.29, 1.82) is 0 Å². The van der Waals surface area contributed by atoms with Gasteiger partial charge in [0.25, 0.3) is 11.8 Å². The van der Waals surface area contributed by atoms with Crippen LogP contribution in [-0.2, 0) is 16.1 Å². The summed E-state index contributed by atoms with van der Waals surface area (Å²) in [5.41, 5.74) is 1.02. The number of aliphatic carboxylic acids is 1. The molecule has 4 rings (SSSR count). The van der Waals surface area contributed by atoms with Crippen LogP contribution in [0, 0.1) is 6.92 Å². The van der Waals surface area contributed by atoms with Crippen LogP contribution in [0.25, 0.3) is 0 Å². The summed E-state index contributed by atoms with van der Waals surface area (Å²) < 4.78 is 2.29. The smallest absolute Gasteiger partial charge is 0.352 e. The van der Waals surface area contributed by atoms with Gasteiger partial charge in [-0.1, -0.05) is 23.1 Å². The molecule has 2 atom stereocenters. The lowest BCUT2D eigenvalue weighted by Gasteiger charge is -2.49. The molecule has 10 nitrogen and oxygen atoms in total. The number of hydrogen-bond donors (Lipinski definition) is 2. The molecule has 4 heterocycles. The Morgan fingerprint density at radius 2 is 2.20 bits per heavy atom. The number of thioether (sulfide) groups is 2. The predicted octanol–water partition coefficient (Wildman–Crippen LogP) is 1.21. The highest BCUT2D eigenvalue weighted by Gasteiger charge is 2.54. The van der Waals surface area contributed by atoms with E-state index in [1.54, 1.807) is 6.07 Å². The quantitative estimate of drug-likeness (QED) is 0.457. The Labute approximate surface area is 184 Å². The van der Waals surface area contributed by atoms with Gasteiger partial charge in [0.1, 0.15) is 27.8 Å². The topological polar surface area (TPSA) is 130 Å². The number of hydrogen-bond acceptors (Lipinski definition) is 9. The summed E-state index contributed by atoms with van der Waals surface area (Å²) in [5, 5.41) is 24.9. The highest BCUT2D eigenvalue weighted by molar-refractivity contribution is 8.01. The summed E-state index contributed by atoms with van der Waals surface area (Å²) in [6, 6.07) is 0.818. The fourth-order valence-electron chi connectivity index (χ4n) is 3.27. The molecule has 0 unspecified atom stereocenters. The Morgan fingerprint density at radius 1 is 1.40 bits per heavy atom. The van der Waals surface area contributed by atoms with Crippen LogP contribution < -0.4 is 5.32 Å². The zero-order valence-corrected chi connectivity index (χ0v) is 18.5. The van der Waals surface area contributed by atoms with Gasteiger partial charge in [0, 0.05) is 24.2 Å². The molecule has 0 saturated carbocycles. The van der Waals surface area contributed by atoms with Gasteiger partial charge < -0.3 is 10.4 Å². The van der Waals surface area contributed by atoms with Crippen molar-refractivity contribution in [3.05, 3.63) is 34.2 Å². The highest BCUT2D eigenvalue weighted by atomic mass is 32.2. The van der Waals surface area contributed by atoms with E-state index in [0.717, 1.165) is 9.35 Å². The van der Waals surface area contributed by atoms with Crippen LogP contribution >= 0.6 is 34.9 Å². The maximum atomic E-state index is 12.7. The zero-order chi connectivity index (χ0) is 21.4. The Hall–Kier alpha value is -2.38. The highest BCUT2D eigenvalue weighted by Crippen LogP contribution is 2.41. The van der Waals surface area contributed by atoms with E-state index in [2.05, 4.69) is 20.6 Å². The SMILES string of the molecule is CCn1nccc1C(=O)N[C@@H]1C(=O)N2C(C(=O)O)=C(CSc3nnc(C)s3)CS[C@H]12. The molecular formula is C17H18N6O4S3. The Kier molecular flexibility index (Phi) is 5.84. The molecule has 0 aliphatic carbocycles. The number of rotatable bonds is 7. The van der Waals surface area contributed by atoms with Crippen LogP contribution in [0.3, 0.4) is 0 Å². The van der Waals surface area contributed by atoms with Crippen molar-refractivity contribution in [2.24, 2.45) is 0 Å². The Bertz CT molecular complexity index is 1050. The molecule has 13 heteroatoms. The van der Waals surface area contributed by atoms with Crippen molar-refractivity contribution in [2.75, 3.05) is 11.5 Å². The summed E-state index contributed by atoms with van der Waals surface area (Å²) in [4.78, 5) is 38.5. The van der Waals surface area contributed by atoms with Crippen molar-refractivity contribution in [1.82, 2.24) is 30.2 Å². The van der Waals surface area contributed by atoms with Crippen LogP contribution in [0.4, 0.5) is 0 Å². The standard InChI is InChI=1S/C17H18N6O4S3/c1-3-22-10(4-5-18-22)13(24)19-11-14(25)23-12(16(26)27)9(6-28-15(11)23)7-29-17-21-20-8(2)30-17/h4-5,11,15H,3,6-7H2,1-2H3,(H,19,24)(H,26,27)/t11-,15-/m1/s1. The fraction of sp³-hybridized carbons (Fsp3) is 0.412. The molecule has 2 amide bonds. The van der Waals surface area contributed by atoms with Gasteiger partial charge in [-0.3, -0.25) is 19.2 Å². The minimum Gasteiger partial charge on any atom is -0.477 e. The van der Waals surface area contributed by atoms with Crippen LogP contribution in [-0.4, -0.2) is 70.7 Å². The molecule has 2 aromatic rings. The number of β-lactam (4-membered cyclic amide) rings is 1. The first-order chi connectivity index (χ1) is 14.4. The van der Waals surface area contributed by atoms with Gasteiger partial charge in [0.15, 0.2) is 4.34 Å². The number of aryl methyl sites for hydroxylation is 2. The van der Waals surface area contributed by atoms with Gasteiger partial charge in [-0.05, 0) is 25.5 Å². The maximum Gasteiger partial charge on any atom is 0.352 e. The third-order valence-corrected chi connectivity index (χ3v) is 8.06. The number of carboxylic acid groups (broad SMARTS) is 1. The summed E-state index contributed by atoms with van der Waals surface area (Å²) >= 11 is 4.29. The number of nitrogens with one attached hydrogen (secondary N) is 1. The van der Waals surface area contributed by atoms with E-state index in [1.165, 1.54) is 50.6 Å². The summed E-state index contributed by atoms with van der Waals surface area (Å²) in [7, 11) is 0. The van der Waals surface area contributed by atoms with E-state index in [-0.39, 0.29) is 5.70 Å². The summed E-state index contributed by atoms with van der Waals surface area (Å²) in [6.45, 7) is 4.24. The first-order valence-electron chi connectivity index (χ1n) is 9.06. The average molecular weight is 467 g/mol. The largest absolute Gasteiger partial charge is 0.477 e. The molecule has 0 aromatic carbocycles. The fourth-order valence-corrected chi connectivity index (χ4v) is 6.57. The molecule has 2 aliphatic heterocycles. The lowest BCUT2D eigenvalue weighted by molar-refractivity contribution is -0.148. The van der Waals surface area contributed by atoms with Crippen LogP contribution in [0.15, 0.2) is 27.9 Å². The molecule has 1 saturated heterocycles. The second kappa shape index (κ2) is 8.40. The predicted molar refractivity (Wildman–Crippen MR) is 112 cm³/mol. The number of amides is 2. The molecule has 2 N–H and O–H groups in total. The van der Waals surface area contributed by atoms with E-state index in [0.29, 0.717) is 29.3 Å². The first kappa shape index (κ1) is 20.9. The molecule has 0 spiro atoms. The van der Waals surface area contributed by atoms with Crippen molar-refractivity contribution < 1.29 is 19.5 Å². The number of carbonyl (C=O) groups is 3. The normalized spacial score (nSPS) is 20.7. The molecule has 158 valence electrons. The van der Waals surface area contributed by atoms with Crippen LogP contribution in [0.5, 0.6) is 0 Å². The Balaban J connectivity index is 1.48. The van der Waals surface area contributed by atoms with Gasteiger partial charge in [-0.15, -0.1) is 22.0 Å². The molecule has 0 bridgehead atoms. The summed E-state index contributed by atoms with van der Waals surface area (Å²) in [6.07, 6.45) is 1.53. The molecule has 2 aromatic heterocycles. The second-order valence-electron chi connectivity index (χ2n) is 6.53. The van der Waals surface area contributed by atoms with Gasteiger partial charge in [-0.2, -0.15) is 5.10 Å². The van der Waals surface area contributed by atoms with E-state index in [4.69, 9.17) is 0 Å². The van der Waals surface area contributed by atoms with Crippen LogP contribution in [0.1, 0.15) is 22.4 Å². The lowest BCUT2D eigenvalue weighted by Crippen LogP contribution is -2.70. The number of aromatic nitrogens is 4. The van der Waals surface area contributed by atoms with E-state index in [1.807, 2.05) is 13.8 Å². The summed E-state index contributed by atoms with van der Waals surface area (Å²) in [5.74, 6) is -1.10. The van der Waals surface area contributed by atoms with E-state index >= 15 is 0 Å². The minimum absolute atomic E-state index is 0.00147. The van der Waals surface area contributed by atoms with Gasteiger partial charge in [-0.25, -0.2) is 4.79 Å². The van der Waals surface area contributed by atoms with Crippen molar-refractivity contribution >= 4 is 52.6 Å². The molecule has 1 fully saturated rings. The average Bonchev–Trinajstić information content (AvgIpc) is 3.37. The lowest BCUT2D eigenvalue weighted by atomic mass is 10.0. The number of carbonyl (C=O) groups excluding carboxylic acids is 2.